The Morgan fingerprint density at radius 3 is 2.61 bits per heavy atom. The van der Waals surface area contributed by atoms with Gasteiger partial charge in [0.15, 0.2) is 0 Å². The van der Waals surface area contributed by atoms with Crippen LogP contribution in [0.1, 0.15) is 13.0 Å². The van der Waals surface area contributed by atoms with E-state index in [1.54, 1.807) is 25.2 Å². The van der Waals surface area contributed by atoms with Gasteiger partial charge in [0.25, 0.3) is 0 Å². The third kappa shape index (κ3) is 1.45. The number of fused-ring (bicyclic) bond motifs is 3. The Balaban J connectivity index is 2.41. The van der Waals surface area contributed by atoms with Crippen LogP contribution in [0.5, 0.6) is 0 Å². The molecule has 0 saturated heterocycles. The highest BCUT2D eigenvalue weighted by Gasteiger charge is 2.28. The number of carbonyl (C=O) groups is 1. The molecule has 1 atom stereocenters. The number of rotatable bonds is 1. The number of hydrogen-bond donors (Lipinski definition) is 1. The van der Waals surface area contributed by atoms with Gasteiger partial charge < -0.3 is 10.6 Å². The van der Waals surface area contributed by atoms with Crippen molar-refractivity contribution < 1.29 is 8.99 Å². The van der Waals surface area contributed by atoms with Crippen molar-refractivity contribution in [1.82, 2.24) is 0 Å². The van der Waals surface area contributed by atoms with E-state index in [9.17, 15) is 4.79 Å². The first-order valence-corrected chi connectivity index (χ1v) is 5.73. The zero-order valence-electron chi connectivity index (χ0n) is 12.9. The van der Waals surface area contributed by atoms with Crippen molar-refractivity contribution >= 4 is 11.6 Å². The van der Waals surface area contributed by atoms with Crippen molar-refractivity contribution in [1.29, 1.82) is 0 Å². The number of nitrogens with two attached hydrogens (primary N) is 1. The Labute approximate surface area is 110 Å². The van der Waals surface area contributed by atoms with Gasteiger partial charge in [-0.2, -0.15) is 0 Å². The highest BCUT2D eigenvalue weighted by molar-refractivity contribution is 6.04. The van der Waals surface area contributed by atoms with Crippen LogP contribution < -0.4 is 10.6 Å². The molecule has 1 amide bonds. The first kappa shape index (κ1) is 8.06. The molecule has 2 N–H and O–H groups in total. The Morgan fingerprint density at radius 2 is 1.83 bits per heavy atom. The third-order valence-corrected chi connectivity index (χ3v) is 3.24. The van der Waals surface area contributed by atoms with Crippen LogP contribution in [0, 0.1) is 0 Å². The molecule has 0 fully saturated rings. The maximum Gasteiger partial charge on any atom is 0.248 e. The Kier molecular flexibility index (Phi) is 1.77. The van der Waals surface area contributed by atoms with Gasteiger partial charge in [-0.05, 0) is 17.2 Å². The fourth-order valence-corrected chi connectivity index (χ4v) is 2.30. The summed E-state index contributed by atoms with van der Waals surface area (Å²) in [6.45, 7) is 0. The largest absolute Gasteiger partial charge is 0.316 e. The molecular formula is C15H14N2O. The lowest BCUT2D eigenvalue weighted by atomic mass is 9.96. The molecule has 0 spiro atoms. The maximum absolute atomic E-state index is 12.7. The molecule has 0 aliphatic carbocycles. The molecule has 3 nitrogen and oxygen atoms in total. The summed E-state index contributed by atoms with van der Waals surface area (Å²) >= 11 is 0. The lowest BCUT2D eigenvalue weighted by Crippen LogP contribution is -2.34. The number of anilines is 1. The summed E-state index contributed by atoms with van der Waals surface area (Å²) in [5, 5.41) is 0. The molecule has 18 heavy (non-hydrogen) atoms. The van der Waals surface area contributed by atoms with Crippen LogP contribution in [0.4, 0.5) is 5.69 Å². The Hall–Kier alpha value is -2.13. The van der Waals surface area contributed by atoms with Crippen LogP contribution in [-0.2, 0) is 4.79 Å². The highest BCUT2D eigenvalue weighted by Crippen LogP contribution is 2.38. The van der Waals surface area contributed by atoms with Crippen LogP contribution >= 0.6 is 0 Å². The fraction of sp³-hybridized carbons (Fsp3) is 0.133. The van der Waals surface area contributed by atoms with Crippen LogP contribution in [-0.4, -0.2) is 13.0 Å². The second-order valence-electron chi connectivity index (χ2n) is 4.28. The first-order chi connectivity index (χ1) is 9.98. The average molecular weight is 241 g/mol. The monoisotopic (exact) mass is 241 g/mol. The molecule has 2 aromatic carbocycles. The summed E-state index contributed by atoms with van der Waals surface area (Å²) in [6, 6.07) is 12.3. The summed E-state index contributed by atoms with van der Waals surface area (Å²) in [7, 11) is 1.57. The number of nitrogens with zero attached hydrogens (tertiary/aromatic N) is 1. The first-order valence-electron chi connectivity index (χ1n) is 7.12. The molecule has 0 unspecified atom stereocenters. The van der Waals surface area contributed by atoms with Crippen LogP contribution in [0.2, 0.25) is 2.82 Å². The standard InChI is InChI=1S/C15H14N2O/c1-17-13-9-5-4-7-11(13)10-6-2-3-8-12(10)14(16)15(17)18/h2-9,14H,16H2,1H3/t14-/m1/s1/i14D/hD2. The Bertz CT molecular complexity index is 720. The van der Waals surface area contributed by atoms with E-state index in [1.165, 1.54) is 4.90 Å². The van der Waals surface area contributed by atoms with E-state index in [-0.39, 0.29) is 5.72 Å². The van der Waals surface area contributed by atoms with Crippen LogP contribution in [0.25, 0.3) is 11.1 Å². The second kappa shape index (κ2) is 3.96. The number of likely N-dealkylation sites (N-methyl/N-ethyl adjacent to an activating group) is 1. The van der Waals surface area contributed by atoms with Gasteiger partial charge in [-0.15, -0.1) is 0 Å². The molecule has 3 rings (SSSR count). The van der Waals surface area contributed by atoms with Crippen molar-refractivity contribution in [3.05, 3.63) is 54.1 Å². The van der Waals surface area contributed by atoms with Crippen molar-refractivity contribution in [3.63, 3.8) is 0 Å². The molecule has 0 bridgehead atoms. The predicted octanol–water partition coefficient (Wildman–Crippen LogP) is 2.33. The molecule has 2 aromatic rings. The van der Waals surface area contributed by atoms with Gasteiger partial charge in [-0.1, -0.05) is 42.5 Å². The van der Waals surface area contributed by atoms with E-state index in [0.717, 1.165) is 5.56 Å². The highest BCUT2D eigenvalue weighted by atomic mass is 16.2. The zero-order chi connectivity index (χ0) is 15.2. The van der Waals surface area contributed by atoms with E-state index in [2.05, 4.69) is 0 Å². The van der Waals surface area contributed by atoms with E-state index in [4.69, 9.17) is 4.19 Å². The summed E-state index contributed by atoms with van der Waals surface area (Å²) < 4.78 is 23.6. The molecule has 1 aliphatic rings. The van der Waals surface area contributed by atoms with E-state index < -0.39 is 11.9 Å². The normalized spacial score (nSPS) is 24.7. The second-order valence-corrected chi connectivity index (χ2v) is 4.28. The predicted molar refractivity (Wildman–Crippen MR) is 72.2 cm³/mol. The van der Waals surface area contributed by atoms with Crippen molar-refractivity contribution in [3.8, 4) is 11.1 Å². The molecule has 0 saturated carbocycles. The number of amides is 1. The quantitative estimate of drug-likeness (QED) is 0.833. The van der Waals surface area contributed by atoms with Gasteiger partial charge in [0, 0.05) is 12.6 Å². The fourth-order valence-electron chi connectivity index (χ4n) is 2.30. The van der Waals surface area contributed by atoms with Gasteiger partial charge in [0.2, 0.25) is 5.91 Å². The maximum atomic E-state index is 12.7. The molecule has 90 valence electrons. The molecule has 1 heterocycles. The minimum atomic E-state index is -2.09. The lowest BCUT2D eigenvalue weighted by Gasteiger charge is -2.19. The van der Waals surface area contributed by atoms with Gasteiger partial charge in [0.05, 0.1) is 7.06 Å². The smallest absolute Gasteiger partial charge is 0.248 e. The molecule has 0 radical (unpaired) electrons. The van der Waals surface area contributed by atoms with Crippen molar-refractivity contribution in [2.45, 2.75) is 6.02 Å². The van der Waals surface area contributed by atoms with Gasteiger partial charge in [0.1, 0.15) is 8.84 Å². The summed E-state index contributed by atoms with van der Waals surface area (Å²) in [4.78, 5) is 14.0. The number of carbonyl (C=O) groups excluding carboxylic acids is 1. The third-order valence-electron chi connectivity index (χ3n) is 3.24. The summed E-state index contributed by atoms with van der Waals surface area (Å²) in [5.41, 5.74) is 2.70. The number of hydrogen-bond acceptors (Lipinski definition) is 2. The zero-order valence-corrected chi connectivity index (χ0v) is 9.92. The summed E-state index contributed by atoms with van der Waals surface area (Å²) in [5.74, 6) is -0.620. The number of para-hydroxylation sites is 1. The van der Waals surface area contributed by atoms with Crippen LogP contribution in [0.15, 0.2) is 48.5 Å². The van der Waals surface area contributed by atoms with Gasteiger partial charge in [-0.3, -0.25) is 4.79 Å². The van der Waals surface area contributed by atoms with Crippen molar-refractivity contribution in [2.75, 3.05) is 11.9 Å². The minimum absolute atomic E-state index is 0.163. The number of benzene rings is 2. The van der Waals surface area contributed by atoms with Gasteiger partial charge >= 0.3 is 0 Å². The topological polar surface area (TPSA) is 46.3 Å². The van der Waals surface area contributed by atoms with E-state index in [0.29, 0.717) is 16.8 Å². The average Bonchev–Trinajstić information content (AvgIpc) is 2.58. The minimum Gasteiger partial charge on any atom is -0.316 e. The van der Waals surface area contributed by atoms with Crippen LogP contribution in [0.3, 0.4) is 0 Å². The molecule has 0 aromatic heterocycles. The molecular weight excluding hydrogens is 224 g/mol. The lowest BCUT2D eigenvalue weighted by molar-refractivity contribution is -0.119. The van der Waals surface area contributed by atoms with Gasteiger partial charge in [-0.25, -0.2) is 0 Å². The SMILES string of the molecule is [2H]N([2H])[C@@]1([2H])C(=O)N(C)c2ccccc2-c2ccccc21. The molecule has 1 aliphatic heterocycles. The van der Waals surface area contributed by atoms with Crippen molar-refractivity contribution in [2.24, 2.45) is 5.72 Å². The summed E-state index contributed by atoms with van der Waals surface area (Å²) in [6.07, 6.45) is 0. The Morgan fingerprint density at radius 1 is 1.17 bits per heavy atom. The molecule has 3 heteroatoms. The van der Waals surface area contributed by atoms with E-state index >= 15 is 0 Å². The van der Waals surface area contributed by atoms with E-state index in [1.807, 2.05) is 30.3 Å².